The van der Waals surface area contributed by atoms with Gasteiger partial charge in [-0.1, -0.05) is 0 Å². The topological polar surface area (TPSA) is 87.7 Å². The third-order valence-electron chi connectivity index (χ3n) is 4.47. The normalized spacial score (nSPS) is 16.7. The van der Waals surface area contributed by atoms with Crippen molar-refractivity contribution in [2.75, 3.05) is 6.54 Å². The number of rotatable bonds is 5. The van der Waals surface area contributed by atoms with E-state index in [0.29, 0.717) is 18.3 Å². The van der Waals surface area contributed by atoms with E-state index in [1.807, 2.05) is 0 Å². The van der Waals surface area contributed by atoms with Gasteiger partial charge in [0.2, 0.25) is 0 Å². The molecule has 1 saturated carbocycles. The van der Waals surface area contributed by atoms with Crippen LogP contribution in [0.15, 0.2) is 10.9 Å². The highest BCUT2D eigenvalue weighted by Gasteiger charge is 2.27. The van der Waals surface area contributed by atoms with Gasteiger partial charge in [-0.05, 0) is 38.5 Å². The molecule has 2 aromatic rings. The predicted molar refractivity (Wildman–Crippen MR) is 91.6 cm³/mol. The van der Waals surface area contributed by atoms with E-state index in [0.717, 1.165) is 37.1 Å². The van der Waals surface area contributed by atoms with Crippen molar-refractivity contribution in [2.24, 2.45) is 0 Å². The first-order valence-electron chi connectivity index (χ1n) is 8.56. The summed E-state index contributed by atoms with van der Waals surface area (Å²) in [4.78, 5) is 37.0. The van der Waals surface area contributed by atoms with Crippen molar-refractivity contribution in [3.8, 4) is 0 Å². The summed E-state index contributed by atoms with van der Waals surface area (Å²) in [5.74, 6) is 0.664. The minimum atomic E-state index is -0.288. The summed E-state index contributed by atoms with van der Waals surface area (Å²) in [6.07, 6.45) is 7.49. The molecule has 1 amide bonds. The number of fused-ring (bicyclic) bond motifs is 1. The number of thiazole rings is 1. The Kier molecular flexibility index (Phi) is 4.18. The van der Waals surface area contributed by atoms with Crippen LogP contribution in [0.3, 0.4) is 0 Å². The molecule has 126 valence electrons. The van der Waals surface area contributed by atoms with E-state index in [4.69, 9.17) is 0 Å². The van der Waals surface area contributed by atoms with E-state index in [9.17, 15) is 9.59 Å². The number of nitrogens with one attached hydrogen (secondary N) is 2. The van der Waals surface area contributed by atoms with Gasteiger partial charge in [0.25, 0.3) is 11.5 Å². The number of amides is 1. The molecule has 24 heavy (non-hydrogen) atoms. The summed E-state index contributed by atoms with van der Waals surface area (Å²) in [6.45, 7) is 0.512. The van der Waals surface area contributed by atoms with Crippen LogP contribution in [0.1, 0.15) is 63.5 Å². The predicted octanol–water partition coefficient (Wildman–Crippen LogP) is 1.96. The largest absolute Gasteiger partial charge is 0.350 e. The lowest BCUT2D eigenvalue weighted by Gasteiger charge is -2.06. The Labute approximate surface area is 143 Å². The van der Waals surface area contributed by atoms with Crippen molar-refractivity contribution in [1.82, 2.24) is 20.3 Å². The number of H-pyrrole nitrogens is 1. The summed E-state index contributed by atoms with van der Waals surface area (Å²) in [5, 5.41) is 3.94. The Morgan fingerprint density at radius 3 is 2.92 bits per heavy atom. The maximum Gasteiger partial charge on any atom is 0.270 e. The zero-order valence-electron chi connectivity index (χ0n) is 13.4. The van der Waals surface area contributed by atoms with Crippen LogP contribution in [-0.4, -0.2) is 27.4 Å². The highest BCUT2D eigenvalue weighted by molar-refractivity contribution is 7.11. The molecule has 0 radical (unpaired) electrons. The fourth-order valence-corrected chi connectivity index (χ4v) is 4.19. The van der Waals surface area contributed by atoms with Crippen LogP contribution in [0.4, 0.5) is 0 Å². The lowest BCUT2D eigenvalue weighted by Crippen LogP contribution is -2.28. The summed E-state index contributed by atoms with van der Waals surface area (Å²) >= 11 is 1.77. The van der Waals surface area contributed by atoms with E-state index in [1.54, 1.807) is 11.3 Å². The van der Waals surface area contributed by atoms with Crippen LogP contribution < -0.4 is 10.9 Å². The number of carbonyl (C=O) groups excluding carboxylic acids is 1. The van der Waals surface area contributed by atoms with E-state index >= 15 is 0 Å². The van der Waals surface area contributed by atoms with Crippen LogP contribution in [0, 0.1) is 0 Å². The molecule has 0 spiro atoms. The summed E-state index contributed by atoms with van der Waals surface area (Å²) < 4.78 is 0. The average molecular weight is 344 g/mol. The zero-order valence-corrected chi connectivity index (χ0v) is 14.2. The molecule has 0 unspecified atom stereocenters. The van der Waals surface area contributed by atoms with Crippen LogP contribution in [0.25, 0.3) is 0 Å². The second kappa shape index (κ2) is 6.47. The first-order valence-corrected chi connectivity index (χ1v) is 9.37. The first-order chi connectivity index (χ1) is 11.7. The maximum atomic E-state index is 12.2. The quantitative estimate of drug-likeness (QED) is 0.868. The first kappa shape index (κ1) is 15.5. The Hall–Kier alpha value is -2.02. The van der Waals surface area contributed by atoms with Crippen molar-refractivity contribution < 1.29 is 4.79 Å². The Balaban J connectivity index is 1.36. The smallest absolute Gasteiger partial charge is 0.270 e. The molecule has 2 aliphatic carbocycles. The van der Waals surface area contributed by atoms with E-state index in [-0.39, 0.29) is 17.2 Å². The minimum Gasteiger partial charge on any atom is -0.350 e. The minimum absolute atomic E-state index is 0.207. The lowest BCUT2D eigenvalue weighted by molar-refractivity contribution is 0.0948. The van der Waals surface area contributed by atoms with Crippen molar-refractivity contribution in [2.45, 2.75) is 50.9 Å². The van der Waals surface area contributed by atoms with Gasteiger partial charge in [0, 0.05) is 29.8 Å². The number of hydrogen-bond acceptors (Lipinski definition) is 5. The van der Waals surface area contributed by atoms with Crippen LogP contribution in [0.5, 0.6) is 0 Å². The highest BCUT2D eigenvalue weighted by Crippen LogP contribution is 2.37. The monoisotopic (exact) mass is 344 g/mol. The third-order valence-corrected chi connectivity index (χ3v) is 5.69. The van der Waals surface area contributed by atoms with Crippen molar-refractivity contribution in [1.29, 1.82) is 0 Å². The number of aryl methyl sites for hydroxylation is 2. The molecule has 6 nitrogen and oxygen atoms in total. The fraction of sp³-hybridized carbons (Fsp3) is 0.529. The fourth-order valence-electron chi connectivity index (χ4n) is 3.03. The molecule has 0 bridgehead atoms. The maximum absolute atomic E-state index is 12.2. The van der Waals surface area contributed by atoms with Gasteiger partial charge in [-0.25, -0.2) is 9.97 Å². The van der Waals surface area contributed by atoms with Gasteiger partial charge in [0.05, 0.1) is 10.7 Å². The molecule has 7 heteroatoms. The highest BCUT2D eigenvalue weighted by atomic mass is 32.1. The Bertz CT molecular complexity index is 799. The van der Waals surface area contributed by atoms with E-state index in [1.165, 1.54) is 29.5 Å². The van der Waals surface area contributed by atoms with Gasteiger partial charge >= 0.3 is 0 Å². The second-order valence-corrected chi connectivity index (χ2v) is 7.65. The average Bonchev–Trinajstić information content (AvgIpc) is 3.34. The van der Waals surface area contributed by atoms with Crippen LogP contribution >= 0.6 is 11.3 Å². The second-order valence-electron chi connectivity index (χ2n) is 6.48. The van der Waals surface area contributed by atoms with Gasteiger partial charge in [0.15, 0.2) is 0 Å². The van der Waals surface area contributed by atoms with E-state index in [2.05, 4.69) is 20.3 Å². The zero-order chi connectivity index (χ0) is 16.5. The van der Waals surface area contributed by atoms with Crippen LogP contribution in [-0.2, 0) is 19.3 Å². The standard InChI is InChI=1S/C17H20N4O2S/c22-14-9-12(20-16(21-14)10-5-6-10)17(23)18-8-7-15-19-11-3-1-2-4-13(11)24-15/h9-10H,1-8H2,(H,18,23)(H,20,21,22). The molecule has 0 saturated heterocycles. The molecule has 2 heterocycles. The lowest BCUT2D eigenvalue weighted by atomic mass is 10.0. The summed E-state index contributed by atoms with van der Waals surface area (Å²) in [6, 6.07) is 1.27. The van der Waals surface area contributed by atoms with Gasteiger partial charge in [-0.2, -0.15) is 0 Å². The number of aromatic nitrogens is 3. The van der Waals surface area contributed by atoms with Crippen LogP contribution in [0.2, 0.25) is 0 Å². The molecular weight excluding hydrogens is 324 g/mol. The Morgan fingerprint density at radius 2 is 2.12 bits per heavy atom. The van der Waals surface area contributed by atoms with Crippen molar-refractivity contribution in [3.63, 3.8) is 0 Å². The molecule has 1 fully saturated rings. The Morgan fingerprint density at radius 1 is 1.29 bits per heavy atom. The number of hydrogen-bond donors (Lipinski definition) is 2. The molecule has 4 rings (SSSR count). The molecule has 0 atom stereocenters. The van der Waals surface area contributed by atoms with Gasteiger partial charge in [-0.15, -0.1) is 11.3 Å². The number of nitrogens with zero attached hydrogens (tertiary/aromatic N) is 2. The molecule has 2 N–H and O–H groups in total. The number of carbonyl (C=O) groups is 1. The summed E-state index contributed by atoms with van der Waals surface area (Å²) in [7, 11) is 0. The molecular formula is C17H20N4O2S. The van der Waals surface area contributed by atoms with E-state index < -0.39 is 0 Å². The van der Waals surface area contributed by atoms with Crippen molar-refractivity contribution >= 4 is 17.2 Å². The summed E-state index contributed by atoms with van der Waals surface area (Å²) in [5.41, 5.74) is 1.20. The SMILES string of the molecule is O=C(NCCc1nc2c(s1)CCCC2)c1cc(=O)[nH]c(C2CC2)n1. The molecule has 2 aliphatic rings. The third kappa shape index (κ3) is 3.40. The van der Waals surface area contributed by atoms with Gasteiger partial charge in [-0.3, -0.25) is 9.59 Å². The van der Waals surface area contributed by atoms with Gasteiger partial charge < -0.3 is 10.3 Å². The molecule has 2 aromatic heterocycles. The number of aromatic amines is 1. The van der Waals surface area contributed by atoms with Gasteiger partial charge in [0.1, 0.15) is 11.5 Å². The molecule has 0 aromatic carbocycles. The van der Waals surface area contributed by atoms with Crippen molar-refractivity contribution in [3.05, 3.63) is 43.5 Å². The molecule has 0 aliphatic heterocycles.